The number of carbonyl (C=O) groups is 1. The minimum atomic E-state index is -0.0879. The first-order chi connectivity index (χ1) is 10.8. The second kappa shape index (κ2) is 6.59. The lowest BCUT2D eigenvalue weighted by atomic mass is 9.93. The largest absolute Gasteiger partial charge is 0.341 e. The van der Waals surface area contributed by atoms with Crippen LogP contribution in [-0.2, 0) is 0 Å². The van der Waals surface area contributed by atoms with Crippen molar-refractivity contribution in [2.24, 2.45) is 11.1 Å². The molecule has 1 heterocycles. The van der Waals surface area contributed by atoms with Crippen molar-refractivity contribution in [2.75, 3.05) is 20.1 Å². The predicted octanol–water partition coefficient (Wildman–Crippen LogP) is 3.15. The second-order valence-corrected chi connectivity index (χ2v) is 6.99. The maximum atomic E-state index is 12.8. The highest BCUT2D eigenvalue weighted by Crippen LogP contribution is 2.23. The molecule has 0 saturated heterocycles. The molecular formula is C19H27N3O. The van der Waals surface area contributed by atoms with Gasteiger partial charge in [-0.3, -0.25) is 4.79 Å². The van der Waals surface area contributed by atoms with E-state index in [0.29, 0.717) is 13.1 Å². The number of carbonyl (C=O) groups excluding carboxylic acids is 1. The highest BCUT2D eigenvalue weighted by Gasteiger charge is 2.24. The number of nitrogens with two attached hydrogens (primary N) is 1. The molecule has 2 aromatic rings. The molecule has 0 bridgehead atoms. The highest BCUT2D eigenvalue weighted by molar-refractivity contribution is 5.95. The van der Waals surface area contributed by atoms with Gasteiger partial charge in [-0.25, -0.2) is 0 Å². The van der Waals surface area contributed by atoms with Crippen molar-refractivity contribution in [2.45, 2.75) is 27.7 Å². The smallest absolute Gasteiger partial charge is 0.255 e. The minimum absolute atomic E-state index is 0.0433. The summed E-state index contributed by atoms with van der Waals surface area (Å²) in [5, 5.41) is 0. The van der Waals surface area contributed by atoms with Gasteiger partial charge >= 0.3 is 0 Å². The molecule has 0 aliphatic rings. The van der Waals surface area contributed by atoms with Crippen LogP contribution in [0.5, 0.6) is 0 Å². The molecule has 0 aliphatic carbocycles. The summed E-state index contributed by atoms with van der Waals surface area (Å²) in [4.78, 5) is 14.6. The molecule has 0 radical (unpaired) electrons. The first-order valence-electron chi connectivity index (χ1n) is 7.97. The molecule has 0 fully saturated rings. The zero-order valence-electron chi connectivity index (χ0n) is 14.8. The summed E-state index contributed by atoms with van der Waals surface area (Å²) in [5.41, 5.74) is 9.55. The monoisotopic (exact) mass is 313 g/mol. The van der Waals surface area contributed by atoms with E-state index in [4.69, 9.17) is 5.73 Å². The van der Waals surface area contributed by atoms with Gasteiger partial charge in [0.15, 0.2) is 0 Å². The minimum Gasteiger partial charge on any atom is -0.341 e. The molecule has 2 N–H and O–H groups in total. The maximum Gasteiger partial charge on any atom is 0.255 e. The molecule has 0 spiro atoms. The Morgan fingerprint density at radius 2 is 1.83 bits per heavy atom. The van der Waals surface area contributed by atoms with E-state index in [-0.39, 0.29) is 11.3 Å². The van der Waals surface area contributed by atoms with Crippen LogP contribution in [0.1, 0.15) is 35.6 Å². The van der Waals surface area contributed by atoms with E-state index >= 15 is 0 Å². The second-order valence-electron chi connectivity index (χ2n) is 6.99. The van der Waals surface area contributed by atoms with E-state index in [2.05, 4.69) is 30.5 Å². The fraction of sp³-hybridized carbons (Fsp3) is 0.421. The summed E-state index contributed by atoms with van der Waals surface area (Å²) in [6, 6.07) is 12.1. The predicted molar refractivity (Wildman–Crippen MR) is 95.0 cm³/mol. The van der Waals surface area contributed by atoms with Crippen molar-refractivity contribution in [3.8, 4) is 5.69 Å². The number of amides is 1. The Kier molecular flexibility index (Phi) is 4.95. The number of aryl methyl sites for hydroxylation is 1. The first-order valence-corrected chi connectivity index (χ1v) is 7.97. The van der Waals surface area contributed by atoms with Crippen LogP contribution in [0.15, 0.2) is 36.4 Å². The average molecular weight is 313 g/mol. The van der Waals surface area contributed by atoms with Crippen LogP contribution in [0.3, 0.4) is 0 Å². The van der Waals surface area contributed by atoms with Gasteiger partial charge in [-0.2, -0.15) is 0 Å². The van der Waals surface area contributed by atoms with Gasteiger partial charge < -0.3 is 15.2 Å². The van der Waals surface area contributed by atoms with E-state index in [1.54, 1.807) is 4.90 Å². The lowest BCUT2D eigenvalue weighted by Gasteiger charge is -2.29. The molecule has 23 heavy (non-hydrogen) atoms. The van der Waals surface area contributed by atoms with Gasteiger partial charge in [-0.1, -0.05) is 32.0 Å². The summed E-state index contributed by atoms with van der Waals surface area (Å²) in [6.07, 6.45) is 0. The number of rotatable bonds is 5. The lowest BCUT2D eigenvalue weighted by Crippen LogP contribution is -2.39. The van der Waals surface area contributed by atoms with Crippen LogP contribution in [0.4, 0.5) is 0 Å². The lowest BCUT2D eigenvalue weighted by molar-refractivity contribution is 0.0740. The zero-order chi connectivity index (χ0) is 17.2. The highest BCUT2D eigenvalue weighted by atomic mass is 16.2. The van der Waals surface area contributed by atoms with Gasteiger partial charge in [0.1, 0.15) is 0 Å². The topological polar surface area (TPSA) is 51.3 Å². The molecule has 2 rings (SSSR count). The molecule has 0 unspecified atom stereocenters. The van der Waals surface area contributed by atoms with Gasteiger partial charge in [0.05, 0.1) is 5.56 Å². The standard InChI is InChI=1S/C19H27N3O/c1-14-11-17(18(23)21(5)13-19(3,4)12-20)15(2)22(14)16-9-7-6-8-10-16/h6-11H,12-13,20H2,1-5H3. The van der Waals surface area contributed by atoms with E-state index in [9.17, 15) is 4.79 Å². The van der Waals surface area contributed by atoms with Crippen molar-refractivity contribution in [1.82, 2.24) is 9.47 Å². The van der Waals surface area contributed by atoms with Crippen LogP contribution >= 0.6 is 0 Å². The Hall–Kier alpha value is -2.07. The van der Waals surface area contributed by atoms with Crippen LogP contribution in [0, 0.1) is 19.3 Å². The Balaban J connectivity index is 2.33. The average Bonchev–Trinajstić information content (AvgIpc) is 2.81. The fourth-order valence-corrected chi connectivity index (χ4v) is 2.94. The van der Waals surface area contributed by atoms with Crippen molar-refractivity contribution >= 4 is 5.91 Å². The van der Waals surface area contributed by atoms with Gasteiger partial charge in [-0.15, -0.1) is 0 Å². The maximum absolute atomic E-state index is 12.8. The molecular weight excluding hydrogens is 286 g/mol. The Labute approximate surface area is 138 Å². The molecule has 0 atom stereocenters. The number of aromatic nitrogens is 1. The van der Waals surface area contributed by atoms with Crippen LogP contribution in [0.25, 0.3) is 5.69 Å². The number of para-hydroxylation sites is 1. The normalized spacial score (nSPS) is 11.6. The van der Waals surface area contributed by atoms with Crippen molar-refractivity contribution in [1.29, 1.82) is 0 Å². The van der Waals surface area contributed by atoms with Gasteiger partial charge in [0.25, 0.3) is 5.91 Å². The third kappa shape index (κ3) is 3.64. The van der Waals surface area contributed by atoms with Gasteiger partial charge in [0.2, 0.25) is 0 Å². The third-order valence-corrected chi connectivity index (χ3v) is 4.24. The molecule has 1 amide bonds. The molecule has 0 aliphatic heterocycles. The third-order valence-electron chi connectivity index (χ3n) is 4.24. The van der Waals surface area contributed by atoms with Crippen molar-refractivity contribution in [3.63, 3.8) is 0 Å². The summed E-state index contributed by atoms with van der Waals surface area (Å²) in [5.74, 6) is 0.0433. The molecule has 0 saturated carbocycles. The fourth-order valence-electron chi connectivity index (χ4n) is 2.94. The molecule has 4 heteroatoms. The number of nitrogens with zero attached hydrogens (tertiary/aromatic N) is 2. The van der Waals surface area contributed by atoms with Crippen molar-refractivity contribution in [3.05, 3.63) is 53.3 Å². The van der Waals surface area contributed by atoms with Crippen LogP contribution in [0.2, 0.25) is 0 Å². The van der Waals surface area contributed by atoms with Crippen LogP contribution in [-0.4, -0.2) is 35.5 Å². The number of hydrogen-bond donors (Lipinski definition) is 1. The van der Waals surface area contributed by atoms with Crippen molar-refractivity contribution < 1.29 is 4.79 Å². The van der Waals surface area contributed by atoms with E-state index in [1.807, 2.05) is 45.2 Å². The Morgan fingerprint density at radius 3 is 2.39 bits per heavy atom. The molecule has 1 aromatic heterocycles. The van der Waals surface area contributed by atoms with Crippen LogP contribution < -0.4 is 5.73 Å². The summed E-state index contributed by atoms with van der Waals surface area (Å²) in [7, 11) is 1.84. The Bertz CT molecular complexity index is 686. The van der Waals surface area contributed by atoms with Gasteiger partial charge in [-0.05, 0) is 44.0 Å². The summed E-state index contributed by atoms with van der Waals surface area (Å²) in [6.45, 7) is 9.36. The number of benzene rings is 1. The SMILES string of the molecule is Cc1cc(C(=O)N(C)CC(C)(C)CN)c(C)n1-c1ccccc1. The van der Waals surface area contributed by atoms with E-state index in [0.717, 1.165) is 22.6 Å². The zero-order valence-corrected chi connectivity index (χ0v) is 14.8. The van der Waals surface area contributed by atoms with E-state index in [1.165, 1.54) is 0 Å². The Morgan fingerprint density at radius 1 is 1.22 bits per heavy atom. The summed E-state index contributed by atoms with van der Waals surface area (Å²) < 4.78 is 2.12. The van der Waals surface area contributed by atoms with E-state index < -0.39 is 0 Å². The quantitative estimate of drug-likeness (QED) is 0.922. The number of hydrogen-bond acceptors (Lipinski definition) is 2. The summed E-state index contributed by atoms with van der Waals surface area (Å²) >= 11 is 0. The molecule has 124 valence electrons. The molecule has 1 aromatic carbocycles. The first kappa shape index (κ1) is 17.3. The van der Waals surface area contributed by atoms with Gasteiger partial charge in [0, 0.05) is 30.7 Å². The molecule has 4 nitrogen and oxygen atoms in total.